The Kier molecular flexibility index (Phi) is 4.84. The van der Waals surface area contributed by atoms with E-state index < -0.39 is 0 Å². The summed E-state index contributed by atoms with van der Waals surface area (Å²) in [6.45, 7) is 0.308. The van der Waals surface area contributed by atoms with Gasteiger partial charge in [0, 0.05) is 19.1 Å². The number of carbonyl (C=O) groups is 1. The molecule has 0 aromatic heterocycles. The van der Waals surface area contributed by atoms with Gasteiger partial charge in [0.1, 0.15) is 0 Å². The van der Waals surface area contributed by atoms with E-state index in [0.29, 0.717) is 24.5 Å². The molecule has 98 valence electrons. The third-order valence-corrected chi connectivity index (χ3v) is 4.42. The van der Waals surface area contributed by atoms with Gasteiger partial charge >= 0.3 is 0 Å². The van der Waals surface area contributed by atoms with Gasteiger partial charge < -0.3 is 10.4 Å². The second kappa shape index (κ2) is 6.39. The van der Waals surface area contributed by atoms with Crippen LogP contribution in [0.1, 0.15) is 57.8 Å². The molecular formula is C14H25NO2. The van der Waals surface area contributed by atoms with Crippen molar-refractivity contribution in [2.24, 2.45) is 11.8 Å². The minimum atomic E-state index is 0.254. The molecule has 2 aliphatic carbocycles. The molecule has 2 fully saturated rings. The van der Waals surface area contributed by atoms with Gasteiger partial charge in [-0.05, 0) is 50.4 Å². The summed E-state index contributed by atoms with van der Waals surface area (Å²) in [6.07, 6.45) is 10.0. The van der Waals surface area contributed by atoms with Gasteiger partial charge in [0.25, 0.3) is 0 Å². The summed E-state index contributed by atoms with van der Waals surface area (Å²) >= 11 is 0. The largest absolute Gasteiger partial charge is 0.396 e. The lowest BCUT2D eigenvalue weighted by Crippen LogP contribution is -2.38. The fourth-order valence-corrected chi connectivity index (χ4v) is 3.25. The van der Waals surface area contributed by atoms with E-state index in [1.54, 1.807) is 0 Å². The van der Waals surface area contributed by atoms with Crippen LogP contribution in [0.5, 0.6) is 0 Å². The molecule has 1 amide bonds. The number of amides is 1. The monoisotopic (exact) mass is 239 g/mol. The Morgan fingerprint density at radius 1 is 1.00 bits per heavy atom. The molecule has 3 nitrogen and oxygen atoms in total. The molecule has 0 atom stereocenters. The summed E-state index contributed by atoms with van der Waals surface area (Å²) in [5.41, 5.74) is 0. The highest BCUT2D eigenvalue weighted by molar-refractivity contribution is 5.76. The smallest absolute Gasteiger partial charge is 0.220 e. The zero-order chi connectivity index (χ0) is 12.1. The molecule has 0 saturated heterocycles. The fraction of sp³-hybridized carbons (Fsp3) is 0.929. The van der Waals surface area contributed by atoms with Gasteiger partial charge in [-0.3, -0.25) is 4.79 Å². The molecule has 0 radical (unpaired) electrons. The van der Waals surface area contributed by atoms with Crippen molar-refractivity contribution < 1.29 is 9.90 Å². The van der Waals surface area contributed by atoms with Crippen molar-refractivity contribution in [1.82, 2.24) is 5.32 Å². The van der Waals surface area contributed by atoms with Crippen LogP contribution in [0.15, 0.2) is 0 Å². The lowest BCUT2D eigenvalue weighted by molar-refractivity contribution is -0.123. The molecule has 0 bridgehead atoms. The van der Waals surface area contributed by atoms with Crippen LogP contribution in [0.4, 0.5) is 0 Å². The van der Waals surface area contributed by atoms with E-state index in [1.165, 1.54) is 25.7 Å². The van der Waals surface area contributed by atoms with Crippen LogP contribution >= 0.6 is 0 Å². The van der Waals surface area contributed by atoms with Gasteiger partial charge in [-0.2, -0.15) is 0 Å². The fourth-order valence-electron chi connectivity index (χ4n) is 3.25. The van der Waals surface area contributed by atoms with E-state index in [9.17, 15) is 4.79 Å². The highest BCUT2D eigenvalue weighted by atomic mass is 16.3. The lowest BCUT2D eigenvalue weighted by atomic mass is 9.86. The number of rotatable bonds is 4. The summed E-state index contributed by atoms with van der Waals surface area (Å²) < 4.78 is 0. The average molecular weight is 239 g/mol. The van der Waals surface area contributed by atoms with E-state index in [4.69, 9.17) is 5.11 Å². The summed E-state index contributed by atoms with van der Waals surface area (Å²) in [4.78, 5) is 11.9. The molecule has 2 rings (SSSR count). The third-order valence-electron chi connectivity index (χ3n) is 4.42. The predicted molar refractivity (Wildman–Crippen MR) is 67.5 cm³/mol. The van der Waals surface area contributed by atoms with E-state index in [0.717, 1.165) is 32.1 Å². The molecule has 0 unspecified atom stereocenters. The first-order chi connectivity index (χ1) is 8.28. The van der Waals surface area contributed by atoms with Crippen molar-refractivity contribution in [1.29, 1.82) is 0 Å². The summed E-state index contributed by atoms with van der Waals surface area (Å²) in [5.74, 6) is 1.37. The number of hydrogen-bond donors (Lipinski definition) is 2. The maximum Gasteiger partial charge on any atom is 0.220 e. The molecule has 0 aromatic carbocycles. The van der Waals surface area contributed by atoms with Crippen molar-refractivity contribution in [3.63, 3.8) is 0 Å². The van der Waals surface area contributed by atoms with Crippen molar-refractivity contribution in [3.05, 3.63) is 0 Å². The number of nitrogens with one attached hydrogen (secondary N) is 1. The summed E-state index contributed by atoms with van der Waals surface area (Å²) in [7, 11) is 0. The van der Waals surface area contributed by atoms with Gasteiger partial charge in [-0.25, -0.2) is 0 Å². The Bertz CT molecular complexity index is 241. The zero-order valence-electron chi connectivity index (χ0n) is 10.7. The van der Waals surface area contributed by atoms with Crippen LogP contribution < -0.4 is 5.32 Å². The maximum absolute atomic E-state index is 11.9. The first-order valence-electron chi connectivity index (χ1n) is 7.18. The van der Waals surface area contributed by atoms with Gasteiger partial charge in [-0.15, -0.1) is 0 Å². The van der Waals surface area contributed by atoms with E-state index in [2.05, 4.69) is 5.32 Å². The average Bonchev–Trinajstić information content (AvgIpc) is 2.82. The Balaban J connectivity index is 1.65. The normalized spacial score (nSPS) is 30.4. The predicted octanol–water partition coefficient (Wildman–Crippen LogP) is 2.23. The number of aliphatic hydroxyl groups excluding tert-OH is 1. The van der Waals surface area contributed by atoms with Crippen LogP contribution in [-0.2, 0) is 4.79 Å². The Morgan fingerprint density at radius 3 is 2.24 bits per heavy atom. The number of aliphatic hydroxyl groups is 1. The first-order valence-corrected chi connectivity index (χ1v) is 7.18. The lowest BCUT2D eigenvalue weighted by Gasteiger charge is -2.28. The molecule has 2 saturated carbocycles. The molecular weight excluding hydrogens is 214 g/mol. The molecule has 0 aliphatic heterocycles. The number of carbonyl (C=O) groups excluding carboxylic acids is 1. The Morgan fingerprint density at radius 2 is 1.65 bits per heavy atom. The Labute approximate surface area is 104 Å². The van der Waals surface area contributed by atoms with Crippen molar-refractivity contribution in [2.45, 2.75) is 63.8 Å². The summed E-state index contributed by atoms with van der Waals surface area (Å²) in [5, 5.41) is 12.2. The van der Waals surface area contributed by atoms with E-state index in [1.807, 2.05) is 0 Å². The van der Waals surface area contributed by atoms with Crippen LogP contribution in [0.25, 0.3) is 0 Å². The van der Waals surface area contributed by atoms with Gasteiger partial charge in [-0.1, -0.05) is 12.8 Å². The second-order valence-corrected chi connectivity index (χ2v) is 5.82. The SMILES string of the molecule is O=C(CC1CCCC1)NC1CCC(CO)CC1. The second-order valence-electron chi connectivity index (χ2n) is 5.82. The molecule has 17 heavy (non-hydrogen) atoms. The highest BCUT2D eigenvalue weighted by Crippen LogP contribution is 2.28. The first kappa shape index (κ1) is 12.9. The van der Waals surface area contributed by atoms with Crippen molar-refractivity contribution in [2.75, 3.05) is 6.61 Å². The maximum atomic E-state index is 11.9. The molecule has 0 spiro atoms. The molecule has 0 aromatic rings. The third kappa shape index (κ3) is 3.98. The van der Waals surface area contributed by atoms with Gasteiger partial charge in [0.2, 0.25) is 5.91 Å². The van der Waals surface area contributed by atoms with Crippen molar-refractivity contribution in [3.8, 4) is 0 Å². The Hall–Kier alpha value is -0.570. The number of hydrogen-bond acceptors (Lipinski definition) is 2. The minimum Gasteiger partial charge on any atom is -0.396 e. The van der Waals surface area contributed by atoms with Crippen LogP contribution in [0.2, 0.25) is 0 Å². The van der Waals surface area contributed by atoms with Crippen LogP contribution in [0.3, 0.4) is 0 Å². The van der Waals surface area contributed by atoms with Crippen LogP contribution in [-0.4, -0.2) is 23.7 Å². The van der Waals surface area contributed by atoms with Gasteiger partial charge in [0.05, 0.1) is 0 Å². The highest BCUT2D eigenvalue weighted by Gasteiger charge is 2.23. The molecule has 0 heterocycles. The minimum absolute atomic E-state index is 0.254. The summed E-state index contributed by atoms with van der Waals surface area (Å²) in [6, 6.07) is 0.367. The molecule has 3 heteroatoms. The van der Waals surface area contributed by atoms with Gasteiger partial charge in [0.15, 0.2) is 0 Å². The van der Waals surface area contributed by atoms with E-state index >= 15 is 0 Å². The topological polar surface area (TPSA) is 49.3 Å². The van der Waals surface area contributed by atoms with Crippen molar-refractivity contribution >= 4 is 5.91 Å². The standard InChI is InChI=1S/C14H25NO2/c16-10-12-5-7-13(8-6-12)15-14(17)9-11-3-1-2-4-11/h11-13,16H,1-10H2,(H,15,17). The quantitative estimate of drug-likeness (QED) is 0.790. The van der Waals surface area contributed by atoms with Crippen LogP contribution in [0, 0.1) is 11.8 Å². The molecule has 2 aliphatic rings. The zero-order valence-corrected chi connectivity index (χ0v) is 10.7. The van der Waals surface area contributed by atoms with E-state index in [-0.39, 0.29) is 5.91 Å². The molecule has 2 N–H and O–H groups in total.